The van der Waals surface area contributed by atoms with E-state index in [0.29, 0.717) is 6.54 Å². The molecule has 1 fully saturated rings. The Kier molecular flexibility index (Phi) is 7.69. The van der Waals surface area contributed by atoms with Gasteiger partial charge in [0.2, 0.25) is 5.88 Å². The first kappa shape index (κ1) is 30.4. The number of halogens is 3. The maximum absolute atomic E-state index is 13.4. The zero-order valence-electron chi connectivity index (χ0n) is 24.0. The average Bonchev–Trinajstić information content (AvgIpc) is 3.52. The van der Waals surface area contributed by atoms with Crippen LogP contribution in [0.15, 0.2) is 35.5 Å². The molecule has 0 saturated carbocycles. The van der Waals surface area contributed by atoms with E-state index < -0.39 is 40.4 Å². The number of ether oxygens (including phenoxy) is 1. The predicted octanol–water partition coefficient (Wildman–Crippen LogP) is 4.06. The van der Waals surface area contributed by atoms with Gasteiger partial charge in [0.1, 0.15) is 10.7 Å². The number of hydrogen-bond donors (Lipinski definition) is 1. The van der Waals surface area contributed by atoms with Gasteiger partial charge in [0.15, 0.2) is 5.82 Å². The monoisotopic (exact) mass is 596 g/mol. The summed E-state index contributed by atoms with van der Waals surface area (Å²) < 4.78 is 76.0. The van der Waals surface area contributed by atoms with Crippen molar-refractivity contribution in [3.8, 4) is 11.7 Å². The van der Waals surface area contributed by atoms with E-state index in [2.05, 4.69) is 26.8 Å². The Morgan fingerprint density at radius 1 is 1.22 bits per heavy atom. The fourth-order valence-corrected chi connectivity index (χ4v) is 6.03. The highest BCUT2D eigenvalue weighted by Gasteiger charge is 2.43. The summed E-state index contributed by atoms with van der Waals surface area (Å²) in [7, 11) is -2.65. The van der Waals surface area contributed by atoms with Gasteiger partial charge in [-0.05, 0) is 50.6 Å². The second kappa shape index (κ2) is 10.4. The van der Waals surface area contributed by atoms with Gasteiger partial charge >= 0.3 is 6.98 Å². The predicted molar refractivity (Wildman–Crippen MR) is 148 cm³/mol. The molecule has 11 nitrogen and oxygen atoms in total. The Hall–Kier alpha value is -3.56. The molecule has 0 radical (unpaired) electrons. The molecule has 1 saturated heterocycles. The lowest BCUT2D eigenvalue weighted by Gasteiger charge is -2.34. The summed E-state index contributed by atoms with van der Waals surface area (Å²) in [5.41, 5.74) is -0.117. The molecule has 1 aliphatic heterocycles. The van der Waals surface area contributed by atoms with Crippen LogP contribution in [-0.4, -0.2) is 64.5 Å². The van der Waals surface area contributed by atoms with Gasteiger partial charge < -0.3 is 22.6 Å². The molecule has 0 aromatic carbocycles. The second-order valence-corrected chi connectivity index (χ2v) is 13.6. The molecule has 0 spiro atoms. The van der Waals surface area contributed by atoms with Crippen LogP contribution in [0.4, 0.5) is 18.8 Å². The molecule has 3 aromatic rings. The molecule has 3 aromatic heterocycles. The molecule has 4 heterocycles. The van der Waals surface area contributed by atoms with Gasteiger partial charge in [-0.1, -0.05) is 20.8 Å². The highest BCUT2D eigenvalue weighted by atomic mass is 32.2. The van der Waals surface area contributed by atoms with Crippen molar-refractivity contribution in [3.05, 3.63) is 41.9 Å². The number of aromatic nitrogens is 5. The van der Waals surface area contributed by atoms with Crippen LogP contribution in [0.2, 0.25) is 5.31 Å². The smallest absolute Gasteiger partial charge is 0.479 e. The molecule has 41 heavy (non-hydrogen) atoms. The van der Waals surface area contributed by atoms with Gasteiger partial charge in [-0.25, -0.2) is 22.8 Å². The molecule has 0 aliphatic carbocycles. The number of rotatable bonds is 9. The Bertz CT molecular complexity index is 1570. The van der Waals surface area contributed by atoms with Crippen LogP contribution < -0.4 is 14.4 Å². The highest BCUT2D eigenvalue weighted by Crippen LogP contribution is 2.40. The number of nitrogens with one attached hydrogen (secondary N) is 1. The molecule has 4 rings (SSSR count). The molecule has 16 heteroatoms. The summed E-state index contributed by atoms with van der Waals surface area (Å²) in [5.74, 6) is -0.0791. The van der Waals surface area contributed by atoms with E-state index in [4.69, 9.17) is 4.74 Å². The first-order valence-corrected chi connectivity index (χ1v) is 14.5. The summed E-state index contributed by atoms with van der Waals surface area (Å²) in [6.07, 6.45) is 3.61. The van der Waals surface area contributed by atoms with Crippen LogP contribution in [0.5, 0.6) is 5.88 Å². The van der Waals surface area contributed by atoms with Crippen molar-refractivity contribution >= 4 is 28.7 Å². The SMILES string of the molecule is Cc1nn(C)cc1S(=O)(=O)NC(=O)c1ccc(-n2ccc(OCC(C)(C)[B-](F)(F)F)n2)nc1N1C[C@@H](C)CC1(C)C. The van der Waals surface area contributed by atoms with E-state index >= 15 is 0 Å². The number of carbonyl (C=O) groups excluding carboxylic acids is 1. The molecule has 0 bridgehead atoms. The van der Waals surface area contributed by atoms with Crippen LogP contribution in [0, 0.1) is 12.8 Å². The molecule has 1 amide bonds. The van der Waals surface area contributed by atoms with Crippen molar-refractivity contribution in [2.45, 2.75) is 63.7 Å². The van der Waals surface area contributed by atoms with Crippen LogP contribution >= 0.6 is 0 Å². The lowest BCUT2D eigenvalue weighted by atomic mass is 9.61. The van der Waals surface area contributed by atoms with Gasteiger partial charge in [0, 0.05) is 37.6 Å². The van der Waals surface area contributed by atoms with Crippen molar-refractivity contribution in [1.29, 1.82) is 0 Å². The summed E-state index contributed by atoms with van der Waals surface area (Å²) in [6, 6.07) is 4.35. The van der Waals surface area contributed by atoms with Crippen LogP contribution in [0.25, 0.3) is 5.82 Å². The number of hydrogen-bond acceptors (Lipinski definition) is 8. The zero-order valence-corrected chi connectivity index (χ0v) is 24.8. The third-order valence-corrected chi connectivity index (χ3v) is 8.63. The molecular weight excluding hydrogens is 562 g/mol. The Balaban J connectivity index is 1.68. The van der Waals surface area contributed by atoms with Gasteiger partial charge in [-0.3, -0.25) is 9.48 Å². The van der Waals surface area contributed by atoms with Crippen molar-refractivity contribution in [2.24, 2.45) is 13.0 Å². The molecule has 224 valence electrons. The molecule has 1 aliphatic rings. The van der Waals surface area contributed by atoms with Crippen LogP contribution in [0.1, 0.15) is 57.1 Å². The topological polar surface area (TPSA) is 124 Å². The fraction of sp³-hybridized carbons (Fsp3) is 0.520. The molecule has 1 N–H and O–H groups in total. The quantitative estimate of drug-likeness (QED) is 0.367. The van der Waals surface area contributed by atoms with Gasteiger partial charge in [-0.15, -0.1) is 5.10 Å². The average molecular weight is 596 g/mol. The second-order valence-electron chi connectivity index (χ2n) is 11.9. The summed E-state index contributed by atoms with van der Waals surface area (Å²) in [5, 5.41) is 6.24. The number of sulfonamides is 1. The van der Waals surface area contributed by atoms with Crippen molar-refractivity contribution in [2.75, 3.05) is 18.1 Å². The standard InChI is InChI=1S/C25H34BF3N7O4S/c1-16-12-25(5,6)35(13-16)22-18(23(37)33-41(38,39)19-14-34(7)31-17(19)2)8-9-20(30-22)36-11-10-21(32-36)40-15-24(3,4)26(27,28)29/h8-11,14,16H,12-13,15H2,1-7H3,(H,33,37)/q-1/t16-/m0/s1. The number of anilines is 1. The van der Waals surface area contributed by atoms with Crippen molar-refractivity contribution < 1.29 is 30.9 Å². The lowest BCUT2D eigenvalue weighted by Crippen LogP contribution is -2.41. The molecule has 1 atom stereocenters. The number of amides is 1. The number of nitrogens with zero attached hydrogens (tertiary/aromatic N) is 6. The zero-order chi connectivity index (χ0) is 30.5. The van der Waals surface area contributed by atoms with Gasteiger partial charge in [0.05, 0.1) is 17.9 Å². The maximum atomic E-state index is 13.4. The summed E-state index contributed by atoms with van der Waals surface area (Å²) in [4.78, 5) is 19.9. The molecule has 0 unspecified atom stereocenters. The van der Waals surface area contributed by atoms with E-state index in [9.17, 15) is 26.2 Å². The largest absolute Gasteiger partial charge is 0.487 e. The lowest BCUT2D eigenvalue weighted by molar-refractivity contribution is 0.0981. The number of carbonyl (C=O) groups is 1. The minimum Gasteiger partial charge on any atom is -0.479 e. The minimum atomic E-state index is -5.13. The van der Waals surface area contributed by atoms with E-state index in [1.165, 1.54) is 46.9 Å². The van der Waals surface area contributed by atoms with E-state index in [-0.39, 0.29) is 39.6 Å². The minimum absolute atomic E-state index is 0.0173. The fourth-order valence-electron chi connectivity index (χ4n) is 4.85. The molecular formula is C25H34BF3N7O4S-. The Morgan fingerprint density at radius 3 is 2.46 bits per heavy atom. The summed E-state index contributed by atoms with van der Waals surface area (Å²) in [6.45, 7) is 4.58. The number of aryl methyl sites for hydroxylation is 2. The van der Waals surface area contributed by atoms with Gasteiger partial charge in [0.25, 0.3) is 15.9 Å². The maximum Gasteiger partial charge on any atom is 0.487 e. The van der Waals surface area contributed by atoms with E-state index in [1.54, 1.807) is 7.05 Å². The van der Waals surface area contributed by atoms with E-state index in [0.717, 1.165) is 20.3 Å². The van der Waals surface area contributed by atoms with Gasteiger partial charge in [-0.2, -0.15) is 5.10 Å². The summed E-state index contributed by atoms with van der Waals surface area (Å²) >= 11 is 0. The third-order valence-electron chi connectivity index (χ3n) is 7.20. The first-order chi connectivity index (χ1) is 18.8. The normalized spacial score (nSPS) is 17.6. The highest BCUT2D eigenvalue weighted by molar-refractivity contribution is 7.90. The van der Waals surface area contributed by atoms with Crippen molar-refractivity contribution in [3.63, 3.8) is 0 Å². The Morgan fingerprint density at radius 2 is 1.90 bits per heavy atom. The first-order valence-electron chi connectivity index (χ1n) is 13.0. The third kappa shape index (κ3) is 6.21. The van der Waals surface area contributed by atoms with Crippen LogP contribution in [0.3, 0.4) is 0 Å². The number of pyridine rings is 1. The van der Waals surface area contributed by atoms with E-state index in [1.807, 2.05) is 18.7 Å². The van der Waals surface area contributed by atoms with Crippen LogP contribution in [-0.2, 0) is 17.1 Å². The Labute approximate surface area is 237 Å². The van der Waals surface area contributed by atoms with Crippen molar-refractivity contribution in [1.82, 2.24) is 29.3 Å².